The summed E-state index contributed by atoms with van der Waals surface area (Å²) in [6.07, 6.45) is -2.10. The van der Waals surface area contributed by atoms with Crippen molar-refractivity contribution in [3.05, 3.63) is 83.7 Å². The fraction of sp³-hybridized carbons (Fsp3) is 0.370. The summed E-state index contributed by atoms with van der Waals surface area (Å²) in [7, 11) is -3.80. The molecule has 1 aliphatic heterocycles. The SMILES string of the molecule is CCOc1nc(S(C)(=O)=O)nn2c(C3OC(COCc4ccccc4)C(OCc4ccccc4)C3F)cnc12. The highest BCUT2D eigenvalue weighted by Crippen LogP contribution is 2.38. The highest BCUT2D eigenvalue weighted by Gasteiger charge is 2.48. The van der Waals surface area contributed by atoms with Crippen molar-refractivity contribution in [3.63, 3.8) is 0 Å². The summed E-state index contributed by atoms with van der Waals surface area (Å²) < 4.78 is 65.4. The van der Waals surface area contributed by atoms with Crippen LogP contribution in [-0.4, -0.2) is 65.8 Å². The standard InChI is InChI=1S/C27H29FN4O6S/c1-3-36-26-25-29-14-20(32(25)31-27(30-26)39(2,33)34)23-22(28)24(37-16-19-12-8-5-9-13-19)21(38-23)17-35-15-18-10-6-4-7-11-18/h4-14,21-24H,3,15-17H2,1-2H3. The molecule has 0 N–H and O–H groups in total. The Morgan fingerprint density at radius 3 is 2.33 bits per heavy atom. The first-order chi connectivity index (χ1) is 18.8. The van der Waals surface area contributed by atoms with E-state index < -0.39 is 39.5 Å². The Hall–Kier alpha value is -3.45. The summed E-state index contributed by atoms with van der Waals surface area (Å²) in [6, 6.07) is 19.1. The van der Waals surface area contributed by atoms with Crippen molar-refractivity contribution in [2.45, 2.75) is 49.8 Å². The monoisotopic (exact) mass is 556 g/mol. The number of hydrogen-bond donors (Lipinski definition) is 0. The molecule has 3 heterocycles. The lowest BCUT2D eigenvalue weighted by Gasteiger charge is -2.20. The van der Waals surface area contributed by atoms with Crippen molar-refractivity contribution in [2.75, 3.05) is 19.5 Å². The highest BCUT2D eigenvalue weighted by molar-refractivity contribution is 7.90. The Labute approximate surface area is 225 Å². The van der Waals surface area contributed by atoms with Crippen molar-refractivity contribution >= 4 is 15.5 Å². The van der Waals surface area contributed by atoms with Gasteiger partial charge in [0.2, 0.25) is 15.5 Å². The van der Waals surface area contributed by atoms with E-state index in [-0.39, 0.29) is 37.0 Å². The van der Waals surface area contributed by atoms with Gasteiger partial charge in [-0.15, -0.1) is 5.10 Å². The minimum atomic E-state index is -3.80. The summed E-state index contributed by atoms with van der Waals surface area (Å²) in [4.78, 5) is 8.28. The molecule has 1 aliphatic rings. The van der Waals surface area contributed by atoms with Crippen molar-refractivity contribution in [3.8, 4) is 5.88 Å². The molecule has 1 fully saturated rings. The number of fused-ring (bicyclic) bond motifs is 1. The Kier molecular flexibility index (Phi) is 8.17. The number of rotatable bonds is 11. The molecule has 0 aliphatic carbocycles. The molecule has 39 heavy (non-hydrogen) atoms. The van der Waals surface area contributed by atoms with Gasteiger partial charge in [0.15, 0.2) is 6.17 Å². The van der Waals surface area contributed by atoms with Gasteiger partial charge in [-0.1, -0.05) is 60.7 Å². The number of imidazole rings is 1. The molecule has 0 amide bonds. The number of ether oxygens (including phenoxy) is 4. The number of halogens is 1. The van der Waals surface area contributed by atoms with Crippen molar-refractivity contribution < 1.29 is 31.8 Å². The van der Waals surface area contributed by atoms with Crippen LogP contribution in [0, 0.1) is 0 Å². The minimum Gasteiger partial charge on any atom is -0.475 e. The van der Waals surface area contributed by atoms with Gasteiger partial charge in [0.05, 0.1) is 38.3 Å². The van der Waals surface area contributed by atoms with E-state index in [1.54, 1.807) is 6.92 Å². The van der Waals surface area contributed by atoms with E-state index in [4.69, 9.17) is 18.9 Å². The smallest absolute Gasteiger partial charge is 0.268 e. The van der Waals surface area contributed by atoms with Crippen LogP contribution < -0.4 is 4.74 Å². The number of benzene rings is 2. The lowest BCUT2D eigenvalue weighted by molar-refractivity contribution is -0.0742. The quantitative estimate of drug-likeness (QED) is 0.274. The maximum absolute atomic E-state index is 16.1. The Bertz CT molecular complexity index is 1500. The van der Waals surface area contributed by atoms with E-state index in [9.17, 15) is 8.42 Å². The van der Waals surface area contributed by atoms with Gasteiger partial charge in [0.1, 0.15) is 18.3 Å². The van der Waals surface area contributed by atoms with Crippen LogP contribution in [0.4, 0.5) is 4.39 Å². The maximum atomic E-state index is 16.1. The van der Waals surface area contributed by atoms with Crippen molar-refractivity contribution in [2.24, 2.45) is 0 Å². The van der Waals surface area contributed by atoms with E-state index in [1.165, 1.54) is 10.7 Å². The third kappa shape index (κ3) is 6.09. The van der Waals surface area contributed by atoms with Crippen molar-refractivity contribution in [1.29, 1.82) is 0 Å². The molecule has 5 rings (SSSR count). The molecular formula is C27H29FN4O6S. The molecule has 0 spiro atoms. The largest absolute Gasteiger partial charge is 0.475 e. The number of nitrogens with zero attached hydrogens (tertiary/aromatic N) is 4. The van der Waals surface area contributed by atoms with E-state index in [1.807, 2.05) is 60.7 Å². The molecule has 2 aromatic carbocycles. The van der Waals surface area contributed by atoms with Gasteiger partial charge in [-0.25, -0.2) is 22.3 Å². The van der Waals surface area contributed by atoms with Crippen LogP contribution in [-0.2, 0) is 37.3 Å². The zero-order chi connectivity index (χ0) is 27.4. The van der Waals surface area contributed by atoms with Crippen LogP contribution in [0.15, 0.2) is 72.0 Å². The van der Waals surface area contributed by atoms with Gasteiger partial charge < -0.3 is 18.9 Å². The third-order valence-corrected chi connectivity index (χ3v) is 7.05. The van der Waals surface area contributed by atoms with Crippen LogP contribution in [0.25, 0.3) is 5.65 Å². The molecule has 0 radical (unpaired) electrons. The van der Waals surface area contributed by atoms with Crippen LogP contribution >= 0.6 is 0 Å². The molecule has 0 bridgehead atoms. The van der Waals surface area contributed by atoms with Crippen LogP contribution in [0.5, 0.6) is 5.88 Å². The number of sulfone groups is 1. The average molecular weight is 557 g/mol. The maximum Gasteiger partial charge on any atom is 0.268 e. The van der Waals surface area contributed by atoms with Gasteiger partial charge in [0.25, 0.3) is 11.0 Å². The van der Waals surface area contributed by atoms with E-state index in [0.717, 1.165) is 17.4 Å². The third-order valence-electron chi connectivity index (χ3n) is 6.21. The lowest BCUT2D eigenvalue weighted by atomic mass is 10.1. The molecule has 12 heteroatoms. The molecular weight excluding hydrogens is 527 g/mol. The molecule has 4 unspecified atom stereocenters. The predicted molar refractivity (Wildman–Crippen MR) is 139 cm³/mol. The number of hydrogen-bond acceptors (Lipinski definition) is 9. The summed E-state index contributed by atoms with van der Waals surface area (Å²) in [5.74, 6) is -0.0211. The fourth-order valence-electron chi connectivity index (χ4n) is 4.36. The van der Waals surface area contributed by atoms with Gasteiger partial charge in [0, 0.05) is 6.26 Å². The van der Waals surface area contributed by atoms with Gasteiger partial charge in [-0.05, 0) is 18.1 Å². The van der Waals surface area contributed by atoms with Crippen molar-refractivity contribution in [1.82, 2.24) is 19.6 Å². The Balaban J connectivity index is 1.43. The first kappa shape index (κ1) is 27.1. The summed E-state index contributed by atoms with van der Waals surface area (Å²) in [5, 5.41) is 3.66. The second-order valence-corrected chi connectivity index (χ2v) is 11.0. The number of aromatic nitrogens is 4. The first-order valence-electron chi connectivity index (χ1n) is 12.5. The fourth-order valence-corrected chi connectivity index (χ4v) is 4.84. The first-order valence-corrected chi connectivity index (χ1v) is 14.4. The topological polar surface area (TPSA) is 114 Å². The molecule has 206 valence electrons. The predicted octanol–water partition coefficient (Wildman–Crippen LogP) is 3.51. The Morgan fingerprint density at radius 1 is 1.03 bits per heavy atom. The second-order valence-electron chi connectivity index (χ2n) is 9.12. The van der Waals surface area contributed by atoms with E-state index >= 15 is 4.39 Å². The normalized spacial score (nSPS) is 21.4. The Morgan fingerprint density at radius 2 is 1.69 bits per heavy atom. The molecule has 10 nitrogen and oxygen atoms in total. The molecule has 2 aromatic heterocycles. The summed E-state index contributed by atoms with van der Waals surface area (Å²) in [6.45, 7) is 2.54. The zero-order valence-corrected chi connectivity index (χ0v) is 22.3. The van der Waals surface area contributed by atoms with E-state index in [0.29, 0.717) is 6.61 Å². The molecule has 4 aromatic rings. The molecule has 1 saturated heterocycles. The average Bonchev–Trinajstić information content (AvgIpc) is 3.49. The summed E-state index contributed by atoms with van der Waals surface area (Å²) in [5.41, 5.74) is 2.23. The van der Waals surface area contributed by atoms with Gasteiger partial charge in [-0.3, -0.25) is 0 Å². The number of alkyl halides is 1. The van der Waals surface area contributed by atoms with E-state index in [2.05, 4.69) is 15.1 Å². The lowest BCUT2D eigenvalue weighted by Crippen LogP contribution is -2.34. The second kappa shape index (κ2) is 11.7. The summed E-state index contributed by atoms with van der Waals surface area (Å²) >= 11 is 0. The van der Waals surface area contributed by atoms with Crippen LogP contribution in [0.1, 0.15) is 29.8 Å². The molecule has 4 atom stereocenters. The van der Waals surface area contributed by atoms with Gasteiger partial charge >= 0.3 is 0 Å². The van der Waals surface area contributed by atoms with Crippen LogP contribution in [0.3, 0.4) is 0 Å². The highest BCUT2D eigenvalue weighted by atomic mass is 32.2. The van der Waals surface area contributed by atoms with Crippen LogP contribution in [0.2, 0.25) is 0 Å². The minimum absolute atomic E-state index is 0.0211. The molecule has 0 saturated carbocycles. The van der Waals surface area contributed by atoms with Gasteiger partial charge in [-0.2, -0.15) is 4.98 Å². The zero-order valence-electron chi connectivity index (χ0n) is 21.5.